The highest BCUT2D eigenvalue weighted by Gasteiger charge is 2.45. The lowest BCUT2D eigenvalue weighted by Crippen LogP contribution is -2.36. The van der Waals surface area contributed by atoms with Crippen LogP contribution in [-0.2, 0) is 10.2 Å². The Morgan fingerprint density at radius 1 is 1.20 bits per heavy atom. The molecule has 1 aliphatic rings. The third kappa shape index (κ3) is 4.60. The van der Waals surface area contributed by atoms with Gasteiger partial charge >= 0.3 is 0 Å². The normalized spacial score (nSPS) is 16.8. The largest absolute Gasteiger partial charge is 0.385 e. The molecule has 2 aromatic rings. The van der Waals surface area contributed by atoms with Crippen LogP contribution in [0.3, 0.4) is 0 Å². The van der Waals surface area contributed by atoms with Crippen LogP contribution in [0.15, 0.2) is 48.7 Å². The zero-order valence-corrected chi connectivity index (χ0v) is 15.9. The number of hydrogen-bond acceptors (Lipinski definition) is 3. The summed E-state index contributed by atoms with van der Waals surface area (Å²) in [6.45, 7) is 5.11. The van der Waals surface area contributed by atoms with Crippen molar-refractivity contribution in [1.82, 2.24) is 9.88 Å². The predicted octanol–water partition coefficient (Wildman–Crippen LogP) is 4.87. The van der Waals surface area contributed by atoms with Crippen molar-refractivity contribution in [2.45, 2.75) is 37.6 Å². The molecule has 0 amide bonds. The van der Waals surface area contributed by atoms with Crippen molar-refractivity contribution in [1.29, 1.82) is 0 Å². The molecule has 0 unspecified atom stereocenters. The van der Waals surface area contributed by atoms with Gasteiger partial charge in [-0.15, -0.1) is 0 Å². The molecule has 25 heavy (non-hydrogen) atoms. The Hall–Kier alpha value is -1.42. The van der Waals surface area contributed by atoms with E-state index in [1.54, 1.807) is 7.11 Å². The molecule has 0 N–H and O–H groups in total. The predicted molar refractivity (Wildman–Crippen MR) is 103 cm³/mol. The van der Waals surface area contributed by atoms with Gasteiger partial charge in [0.15, 0.2) is 0 Å². The number of aromatic nitrogens is 1. The Bertz CT molecular complexity index is 655. The zero-order chi connectivity index (χ0) is 17.7. The van der Waals surface area contributed by atoms with E-state index in [2.05, 4.69) is 41.1 Å². The highest BCUT2D eigenvalue weighted by atomic mass is 35.5. The summed E-state index contributed by atoms with van der Waals surface area (Å²) in [5, 5.41) is 0.804. The van der Waals surface area contributed by atoms with Crippen LogP contribution in [0, 0.1) is 0 Å². The van der Waals surface area contributed by atoms with Crippen LogP contribution in [0.25, 0.3) is 0 Å². The molecule has 1 atom stereocenters. The Morgan fingerprint density at radius 3 is 2.56 bits per heavy atom. The lowest BCUT2D eigenvalue weighted by molar-refractivity contribution is 0.144. The highest BCUT2D eigenvalue weighted by molar-refractivity contribution is 6.30. The Balaban J connectivity index is 1.76. The molecule has 0 radical (unpaired) electrons. The minimum atomic E-state index is 0.265. The average Bonchev–Trinajstić information content (AvgIpc) is 3.42. The lowest BCUT2D eigenvalue weighted by Gasteiger charge is -2.33. The quantitative estimate of drug-likeness (QED) is 0.598. The molecule has 0 saturated heterocycles. The van der Waals surface area contributed by atoms with Gasteiger partial charge in [0, 0.05) is 49.5 Å². The fourth-order valence-electron chi connectivity index (χ4n) is 3.51. The summed E-state index contributed by atoms with van der Waals surface area (Å²) in [5.74, 6) is 0. The van der Waals surface area contributed by atoms with Gasteiger partial charge in [-0.1, -0.05) is 29.8 Å². The van der Waals surface area contributed by atoms with Crippen LogP contribution in [0.4, 0.5) is 0 Å². The van der Waals surface area contributed by atoms with E-state index in [0.29, 0.717) is 6.04 Å². The van der Waals surface area contributed by atoms with E-state index in [1.165, 1.54) is 18.4 Å². The second-order valence-electron chi connectivity index (χ2n) is 7.03. The fourth-order valence-corrected chi connectivity index (χ4v) is 3.64. The Kier molecular flexibility index (Phi) is 6.10. The maximum absolute atomic E-state index is 6.07. The van der Waals surface area contributed by atoms with Crippen LogP contribution in [-0.4, -0.2) is 36.7 Å². The van der Waals surface area contributed by atoms with Crippen LogP contribution in [0.5, 0.6) is 0 Å². The van der Waals surface area contributed by atoms with Crippen LogP contribution in [0.2, 0.25) is 5.02 Å². The number of nitrogens with zero attached hydrogens (tertiary/aromatic N) is 2. The van der Waals surface area contributed by atoms with Gasteiger partial charge in [0.1, 0.15) is 0 Å². The van der Waals surface area contributed by atoms with Crippen LogP contribution < -0.4 is 0 Å². The number of rotatable bonds is 9. The minimum Gasteiger partial charge on any atom is -0.385 e. The summed E-state index contributed by atoms with van der Waals surface area (Å²) in [7, 11) is 1.77. The number of hydrogen-bond donors (Lipinski definition) is 0. The molecule has 0 bridgehead atoms. The van der Waals surface area contributed by atoms with Crippen molar-refractivity contribution in [3.05, 3.63) is 64.9 Å². The van der Waals surface area contributed by atoms with E-state index in [1.807, 2.05) is 24.4 Å². The molecular formula is C21H27ClN2O. The van der Waals surface area contributed by atoms with Crippen LogP contribution >= 0.6 is 11.6 Å². The molecule has 3 rings (SSSR count). The first-order valence-electron chi connectivity index (χ1n) is 9.05. The lowest BCUT2D eigenvalue weighted by atomic mass is 9.94. The van der Waals surface area contributed by atoms with Gasteiger partial charge in [0.25, 0.3) is 0 Å². The Morgan fingerprint density at radius 2 is 1.96 bits per heavy atom. The third-order valence-corrected chi connectivity index (χ3v) is 5.53. The van der Waals surface area contributed by atoms with Gasteiger partial charge in [-0.25, -0.2) is 0 Å². The standard InChI is InChI=1S/C21H27ClN2O/c1-17(20-6-3-4-13-23-20)24(14-5-15-25-2)16-21(11-12-21)18-7-9-19(22)10-8-18/h3-4,6-10,13,17H,5,11-12,14-16H2,1-2H3/t17-/m1/s1. The van der Waals surface area contributed by atoms with Gasteiger partial charge in [0.2, 0.25) is 0 Å². The average molecular weight is 359 g/mol. The van der Waals surface area contributed by atoms with E-state index < -0.39 is 0 Å². The van der Waals surface area contributed by atoms with Crippen molar-refractivity contribution in [3.8, 4) is 0 Å². The number of ether oxygens (including phenoxy) is 1. The molecular weight excluding hydrogens is 332 g/mol. The van der Waals surface area contributed by atoms with E-state index in [-0.39, 0.29) is 5.41 Å². The third-order valence-electron chi connectivity index (χ3n) is 5.27. The van der Waals surface area contributed by atoms with E-state index in [4.69, 9.17) is 16.3 Å². The first-order valence-corrected chi connectivity index (χ1v) is 9.42. The molecule has 1 fully saturated rings. The van der Waals surface area contributed by atoms with Crippen molar-refractivity contribution >= 4 is 11.6 Å². The van der Waals surface area contributed by atoms with Crippen molar-refractivity contribution in [2.24, 2.45) is 0 Å². The molecule has 1 aromatic carbocycles. The van der Waals surface area contributed by atoms with Crippen LogP contribution in [0.1, 0.15) is 43.5 Å². The van der Waals surface area contributed by atoms with Crippen molar-refractivity contribution < 1.29 is 4.74 Å². The number of benzene rings is 1. The summed E-state index contributed by atoms with van der Waals surface area (Å²) in [4.78, 5) is 7.13. The SMILES string of the molecule is COCCCN(CC1(c2ccc(Cl)cc2)CC1)[C@H](C)c1ccccn1. The van der Waals surface area contributed by atoms with Crippen molar-refractivity contribution in [2.75, 3.05) is 26.8 Å². The smallest absolute Gasteiger partial charge is 0.0572 e. The van der Waals surface area contributed by atoms with Gasteiger partial charge in [-0.05, 0) is 56.0 Å². The molecule has 0 spiro atoms. The molecule has 1 heterocycles. The van der Waals surface area contributed by atoms with E-state index in [0.717, 1.165) is 36.8 Å². The summed E-state index contributed by atoms with van der Waals surface area (Å²) in [6, 6.07) is 14.9. The number of halogens is 1. The first-order chi connectivity index (χ1) is 12.1. The molecule has 134 valence electrons. The van der Waals surface area contributed by atoms with E-state index in [9.17, 15) is 0 Å². The fraction of sp³-hybridized carbons (Fsp3) is 0.476. The minimum absolute atomic E-state index is 0.265. The van der Waals surface area contributed by atoms with Gasteiger partial charge in [-0.2, -0.15) is 0 Å². The highest BCUT2D eigenvalue weighted by Crippen LogP contribution is 2.49. The maximum atomic E-state index is 6.07. The van der Waals surface area contributed by atoms with Gasteiger partial charge in [-0.3, -0.25) is 9.88 Å². The number of methoxy groups -OCH3 is 1. The second kappa shape index (κ2) is 8.31. The zero-order valence-electron chi connectivity index (χ0n) is 15.1. The molecule has 1 aromatic heterocycles. The van der Waals surface area contributed by atoms with Gasteiger partial charge < -0.3 is 4.74 Å². The summed E-state index contributed by atoms with van der Waals surface area (Å²) < 4.78 is 5.26. The number of pyridine rings is 1. The molecule has 1 aliphatic carbocycles. The maximum Gasteiger partial charge on any atom is 0.0572 e. The molecule has 3 nitrogen and oxygen atoms in total. The topological polar surface area (TPSA) is 25.4 Å². The van der Waals surface area contributed by atoms with E-state index >= 15 is 0 Å². The molecule has 4 heteroatoms. The molecule has 1 saturated carbocycles. The van der Waals surface area contributed by atoms with Crippen molar-refractivity contribution in [3.63, 3.8) is 0 Å². The first kappa shape index (κ1) is 18.4. The summed E-state index contributed by atoms with van der Waals surface area (Å²) in [5.41, 5.74) is 2.80. The Labute approximate surface area is 156 Å². The summed E-state index contributed by atoms with van der Waals surface area (Å²) in [6.07, 6.45) is 5.39. The summed E-state index contributed by atoms with van der Waals surface area (Å²) >= 11 is 6.07. The molecule has 0 aliphatic heterocycles. The second-order valence-corrected chi connectivity index (χ2v) is 7.47. The van der Waals surface area contributed by atoms with Gasteiger partial charge in [0.05, 0.1) is 5.69 Å². The monoisotopic (exact) mass is 358 g/mol.